The maximum absolute atomic E-state index is 12.6. The van der Waals surface area contributed by atoms with Crippen LogP contribution in [0, 0.1) is 0 Å². The zero-order chi connectivity index (χ0) is 23.5. The van der Waals surface area contributed by atoms with Gasteiger partial charge in [-0.15, -0.1) is 0 Å². The number of rotatable bonds is 10. The van der Waals surface area contributed by atoms with Crippen molar-refractivity contribution in [2.75, 3.05) is 39.9 Å². The molecule has 1 heterocycles. The molecule has 0 spiro atoms. The van der Waals surface area contributed by atoms with Crippen LogP contribution in [0.15, 0.2) is 54.6 Å². The van der Waals surface area contributed by atoms with Crippen molar-refractivity contribution >= 4 is 17.9 Å². The molecule has 0 bridgehead atoms. The lowest BCUT2D eigenvalue weighted by molar-refractivity contribution is -0.137. The zero-order valence-corrected chi connectivity index (χ0v) is 19.7. The summed E-state index contributed by atoms with van der Waals surface area (Å²) in [5.74, 6) is 1.48. The lowest BCUT2D eigenvalue weighted by Crippen LogP contribution is -2.50. The molecule has 3 rings (SSSR count). The lowest BCUT2D eigenvalue weighted by atomic mass is 10.1. The monoisotopic (exact) mass is 450 g/mol. The number of carbonyl (C=O) groups excluding carboxylic acids is 2. The van der Waals surface area contributed by atoms with Gasteiger partial charge < -0.3 is 19.3 Å². The first-order valence-electron chi connectivity index (χ1n) is 11.7. The second-order valence-corrected chi connectivity index (χ2v) is 8.14. The fraction of sp³-hybridized carbons (Fsp3) is 0.407. The van der Waals surface area contributed by atoms with Gasteiger partial charge in [0.15, 0.2) is 11.5 Å². The molecule has 2 amide bonds. The molecule has 33 heavy (non-hydrogen) atoms. The molecule has 6 nitrogen and oxygen atoms in total. The van der Waals surface area contributed by atoms with Gasteiger partial charge in [0.1, 0.15) is 0 Å². The van der Waals surface area contributed by atoms with E-state index in [0.717, 1.165) is 24.8 Å². The predicted octanol–water partition coefficient (Wildman–Crippen LogP) is 4.19. The summed E-state index contributed by atoms with van der Waals surface area (Å²) in [6, 6.07) is 15.9. The van der Waals surface area contributed by atoms with E-state index in [9.17, 15) is 9.59 Å². The Balaban J connectivity index is 1.44. The summed E-state index contributed by atoms with van der Waals surface area (Å²) in [6.45, 7) is 4.96. The minimum Gasteiger partial charge on any atom is -0.493 e. The summed E-state index contributed by atoms with van der Waals surface area (Å²) in [5.41, 5.74) is 2.13. The van der Waals surface area contributed by atoms with E-state index in [0.29, 0.717) is 50.7 Å². The molecule has 0 saturated carbocycles. The average molecular weight is 451 g/mol. The number of piperazine rings is 1. The standard InChI is InChI=1S/C27H34N2O4/c1-3-20-33-24-14-12-23(21-25(24)32-2)13-15-27(31)29-18-16-28(17-19-29)26(30)11-7-10-22-8-5-4-6-9-22/h4-6,8-9,12-15,21H,3,7,10-11,16-20H2,1-2H3/b15-13+. The van der Waals surface area contributed by atoms with Crippen LogP contribution in [0.2, 0.25) is 0 Å². The van der Waals surface area contributed by atoms with Crippen LogP contribution in [-0.2, 0) is 16.0 Å². The van der Waals surface area contributed by atoms with Gasteiger partial charge in [0.2, 0.25) is 11.8 Å². The average Bonchev–Trinajstić information content (AvgIpc) is 2.86. The number of amides is 2. The highest BCUT2D eigenvalue weighted by molar-refractivity contribution is 5.92. The van der Waals surface area contributed by atoms with E-state index in [1.165, 1.54) is 5.56 Å². The summed E-state index contributed by atoms with van der Waals surface area (Å²) < 4.78 is 11.1. The van der Waals surface area contributed by atoms with Crippen molar-refractivity contribution in [2.24, 2.45) is 0 Å². The Bertz CT molecular complexity index is 934. The molecule has 176 valence electrons. The van der Waals surface area contributed by atoms with E-state index < -0.39 is 0 Å². The first kappa shape index (κ1) is 24.4. The van der Waals surface area contributed by atoms with Gasteiger partial charge in [-0.1, -0.05) is 43.3 Å². The number of methoxy groups -OCH3 is 1. The topological polar surface area (TPSA) is 59.1 Å². The molecule has 2 aromatic rings. The Labute approximate surface area is 196 Å². The van der Waals surface area contributed by atoms with E-state index >= 15 is 0 Å². The Hall–Kier alpha value is -3.28. The summed E-state index contributed by atoms with van der Waals surface area (Å²) in [6.07, 6.45) is 6.59. The Kier molecular flexibility index (Phi) is 9.36. The van der Waals surface area contributed by atoms with E-state index in [1.54, 1.807) is 24.2 Å². The highest BCUT2D eigenvalue weighted by Crippen LogP contribution is 2.28. The van der Waals surface area contributed by atoms with Crippen molar-refractivity contribution in [1.82, 2.24) is 9.80 Å². The molecule has 1 saturated heterocycles. The van der Waals surface area contributed by atoms with Crippen LogP contribution in [0.5, 0.6) is 11.5 Å². The van der Waals surface area contributed by atoms with Crippen LogP contribution in [0.25, 0.3) is 6.08 Å². The van der Waals surface area contributed by atoms with Crippen molar-refractivity contribution in [2.45, 2.75) is 32.6 Å². The van der Waals surface area contributed by atoms with Gasteiger partial charge >= 0.3 is 0 Å². The number of hydrogen-bond acceptors (Lipinski definition) is 4. The Morgan fingerprint density at radius 2 is 1.70 bits per heavy atom. The maximum atomic E-state index is 12.6. The fourth-order valence-corrected chi connectivity index (χ4v) is 3.81. The van der Waals surface area contributed by atoms with Gasteiger partial charge in [-0.3, -0.25) is 9.59 Å². The van der Waals surface area contributed by atoms with E-state index in [1.807, 2.05) is 41.3 Å². The molecule has 6 heteroatoms. The molecule has 0 N–H and O–H groups in total. The van der Waals surface area contributed by atoms with Crippen LogP contribution in [-0.4, -0.2) is 61.5 Å². The molecule has 1 fully saturated rings. The Morgan fingerprint density at radius 3 is 2.39 bits per heavy atom. The molecule has 2 aromatic carbocycles. The lowest BCUT2D eigenvalue weighted by Gasteiger charge is -2.34. The number of nitrogens with zero attached hydrogens (tertiary/aromatic N) is 2. The van der Waals surface area contributed by atoms with Crippen molar-refractivity contribution in [3.05, 3.63) is 65.7 Å². The molecule has 0 aromatic heterocycles. The van der Waals surface area contributed by atoms with Gasteiger partial charge in [-0.2, -0.15) is 0 Å². The SMILES string of the molecule is CCCOc1ccc(/C=C/C(=O)N2CCN(C(=O)CCCc3ccccc3)CC2)cc1OC. The van der Waals surface area contributed by atoms with E-state index in [-0.39, 0.29) is 11.8 Å². The number of ether oxygens (including phenoxy) is 2. The van der Waals surface area contributed by atoms with E-state index in [4.69, 9.17) is 9.47 Å². The van der Waals surface area contributed by atoms with Crippen LogP contribution in [0.4, 0.5) is 0 Å². The second kappa shape index (κ2) is 12.7. The number of aryl methyl sites for hydroxylation is 1. The molecule has 0 radical (unpaired) electrons. The highest BCUT2D eigenvalue weighted by atomic mass is 16.5. The third-order valence-electron chi connectivity index (χ3n) is 5.71. The van der Waals surface area contributed by atoms with Crippen LogP contribution in [0.1, 0.15) is 37.3 Å². The van der Waals surface area contributed by atoms with Crippen molar-refractivity contribution in [3.63, 3.8) is 0 Å². The van der Waals surface area contributed by atoms with Crippen molar-refractivity contribution < 1.29 is 19.1 Å². The van der Waals surface area contributed by atoms with Crippen molar-refractivity contribution in [3.8, 4) is 11.5 Å². The normalized spacial score (nSPS) is 13.9. The van der Waals surface area contributed by atoms with Crippen LogP contribution >= 0.6 is 0 Å². The second-order valence-electron chi connectivity index (χ2n) is 8.14. The largest absolute Gasteiger partial charge is 0.493 e. The summed E-state index contributed by atoms with van der Waals surface area (Å²) in [5, 5.41) is 0. The van der Waals surface area contributed by atoms with Gasteiger partial charge in [0, 0.05) is 38.7 Å². The third-order valence-corrected chi connectivity index (χ3v) is 5.71. The maximum Gasteiger partial charge on any atom is 0.246 e. The molecule has 0 aliphatic carbocycles. The van der Waals surface area contributed by atoms with Crippen molar-refractivity contribution in [1.29, 1.82) is 0 Å². The summed E-state index contributed by atoms with van der Waals surface area (Å²) in [4.78, 5) is 28.8. The minimum absolute atomic E-state index is 0.0450. The quantitative estimate of drug-likeness (QED) is 0.509. The first-order valence-corrected chi connectivity index (χ1v) is 11.7. The number of carbonyl (C=O) groups is 2. The van der Waals surface area contributed by atoms with E-state index in [2.05, 4.69) is 19.1 Å². The Morgan fingerprint density at radius 1 is 0.970 bits per heavy atom. The summed E-state index contributed by atoms with van der Waals surface area (Å²) in [7, 11) is 1.61. The number of benzene rings is 2. The molecule has 0 atom stereocenters. The number of hydrogen-bond donors (Lipinski definition) is 0. The van der Waals surface area contributed by atoms with Gasteiger partial charge in [-0.25, -0.2) is 0 Å². The predicted molar refractivity (Wildman–Crippen MR) is 130 cm³/mol. The molecular formula is C27H34N2O4. The minimum atomic E-state index is -0.0450. The zero-order valence-electron chi connectivity index (χ0n) is 19.7. The fourth-order valence-electron chi connectivity index (χ4n) is 3.81. The summed E-state index contributed by atoms with van der Waals surface area (Å²) >= 11 is 0. The molecule has 0 unspecified atom stereocenters. The third kappa shape index (κ3) is 7.38. The van der Waals surface area contributed by atoms with Crippen LogP contribution in [0.3, 0.4) is 0 Å². The first-order chi connectivity index (χ1) is 16.1. The highest BCUT2D eigenvalue weighted by Gasteiger charge is 2.22. The smallest absolute Gasteiger partial charge is 0.246 e. The van der Waals surface area contributed by atoms with Gasteiger partial charge in [0.05, 0.1) is 13.7 Å². The molecule has 1 aliphatic rings. The van der Waals surface area contributed by atoms with Crippen LogP contribution < -0.4 is 9.47 Å². The molecular weight excluding hydrogens is 416 g/mol. The van der Waals surface area contributed by atoms with Gasteiger partial charge in [-0.05, 0) is 48.6 Å². The molecule has 1 aliphatic heterocycles. The van der Waals surface area contributed by atoms with Gasteiger partial charge in [0.25, 0.3) is 0 Å².